The first-order chi connectivity index (χ1) is 10.7. The Labute approximate surface area is 128 Å². The van der Waals surface area contributed by atoms with Gasteiger partial charge in [0.15, 0.2) is 0 Å². The van der Waals surface area contributed by atoms with E-state index in [0.717, 1.165) is 21.3 Å². The van der Waals surface area contributed by atoms with Crippen molar-refractivity contribution in [1.29, 1.82) is 0 Å². The number of amides is 1. The molecule has 3 aromatic rings. The van der Waals surface area contributed by atoms with E-state index in [2.05, 4.69) is 0 Å². The molecule has 0 heterocycles. The van der Waals surface area contributed by atoms with E-state index in [1.165, 1.54) is 0 Å². The molecular formula is C18H17N3O. The van der Waals surface area contributed by atoms with Crippen LogP contribution in [0, 0.1) is 0 Å². The standard InChI is InChI=1S/C18H17N3O/c19-17(14-8-2-1-3-9-14)18(22)21(20)16-12-6-10-13-7-4-5-11-15(13)16/h1-12,17H,19-20H2. The number of fused-ring (bicyclic) bond motifs is 1. The van der Waals surface area contributed by atoms with Crippen LogP contribution in [0.4, 0.5) is 5.69 Å². The van der Waals surface area contributed by atoms with Crippen molar-refractivity contribution >= 4 is 22.4 Å². The molecule has 0 aliphatic heterocycles. The van der Waals surface area contributed by atoms with E-state index < -0.39 is 6.04 Å². The minimum atomic E-state index is -0.787. The van der Waals surface area contributed by atoms with Crippen LogP contribution < -0.4 is 16.6 Å². The van der Waals surface area contributed by atoms with Gasteiger partial charge in [-0.05, 0) is 17.0 Å². The molecule has 4 heteroatoms. The van der Waals surface area contributed by atoms with E-state index in [1.54, 1.807) is 0 Å². The lowest BCUT2D eigenvalue weighted by Gasteiger charge is -2.22. The number of nitrogens with zero attached hydrogens (tertiary/aromatic N) is 1. The Morgan fingerprint density at radius 3 is 2.27 bits per heavy atom. The summed E-state index contributed by atoms with van der Waals surface area (Å²) in [5.74, 6) is 5.70. The molecule has 0 saturated heterocycles. The van der Waals surface area contributed by atoms with Crippen molar-refractivity contribution in [2.45, 2.75) is 6.04 Å². The molecular weight excluding hydrogens is 274 g/mol. The van der Waals surface area contributed by atoms with Crippen LogP contribution in [0.2, 0.25) is 0 Å². The van der Waals surface area contributed by atoms with E-state index in [4.69, 9.17) is 11.6 Å². The number of rotatable bonds is 3. The summed E-state index contributed by atoms with van der Waals surface area (Å²) in [5.41, 5.74) is 7.44. The number of nitrogens with two attached hydrogens (primary N) is 2. The van der Waals surface area contributed by atoms with Crippen molar-refractivity contribution in [1.82, 2.24) is 0 Å². The average Bonchev–Trinajstić information content (AvgIpc) is 2.60. The van der Waals surface area contributed by atoms with Gasteiger partial charge in [-0.25, -0.2) is 10.9 Å². The molecule has 0 aliphatic rings. The molecule has 0 spiro atoms. The quantitative estimate of drug-likeness (QED) is 0.443. The number of hydrogen-bond donors (Lipinski definition) is 2. The van der Waals surface area contributed by atoms with Crippen LogP contribution in [0.25, 0.3) is 10.8 Å². The lowest BCUT2D eigenvalue weighted by atomic mass is 10.1. The second-order valence-corrected chi connectivity index (χ2v) is 5.09. The Kier molecular flexibility index (Phi) is 3.87. The highest BCUT2D eigenvalue weighted by Gasteiger charge is 2.22. The zero-order valence-corrected chi connectivity index (χ0v) is 12.0. The summed E-state index contributed by atoms with van der Waals surface area (Å²) >= 11 is 0. The van der Waals surface area contributed by atoms with Crippen molar-refractivity contribution in [3.63, 3.8) is 0 Å². The van der Waals surface area contributed by atoms with E-state index in [0.29, 0.717) is 5.69 Å². The van der Waals surface area contributed by atoms with Crippen molar-refractivity contribution in [3.05, 3.63) is 78.4 Å². The van der Waals surface area contributed by atoms with Gasteiger partial charge in [-0.2, -0.15) is 0 Å². The average molecular weight is 291 g/mol. The molecule has 0 fully saturated rings. The van der Waals surface area contributed by atoms with Gasteiger partial charge < -0.3 is 5.73 Å². The van der Waals surface area contributed by atoms with Crippen LogP contribution in [-0.4, -0.2) is 5.91 Å². The van der Waals surface area contributed by atoms with Crippen LogP contribution >= 0.6 is 0 Å². The summed E-state index contributed by atoms with van der Waals surface area (Å²) in [7, 11) is 0. The molecule has 0 radical (unpaired) electrons. The molecule has 3 rings (SSSR count). The fourth-order valence-corrected chi connectivity index (χ4v) is 2.49. The SMILES string of the molecule is NC(C(=O)N(N)c1cccc2ccccc12)c1ccccc1. The number of anilines is 1. The largest absolute Gasteiger partial charge is 0.316 e. The number of carbonyl (C=O) groups excluding carboxylic acids is 1. The summed E-state index contributed by atoms with van der Waals surface area (Å²) in [6, 6.07) is 21.9. The molecule has 1 unspecified atom stereocenters. The molecule has 0 saturated carbocycles. The first-order valence-corrected chi connectivity index (χ1v) is 7.05. The van der Waals surface area contributed by atoms with Gasteiger partial charge in [-0.1, -0.05) is 66.7 Å². The normalized spacial score (nSPS) is 12.1. The van der Waals surface area contributed by atoms with E-state index in [1.807, 2.05) is 72.8 Å². The molecule has 0 bridgehead atoms. The minimum absolute atomic E-state index is 0.345. The highest BCUT2D eigenvalue weighted by Crippen LogP contribution is 2.26. The van der Waals surface area contributed by atoms with Gasteiger partial charge in [0, 0.05) is 5.39 Å². The number of benzene rings is 3. The van der Waals surface area contributed by atoms with Gasteiger partial charge in [0.1, 0.15) is 6.04 Å². The fraction of sp³-hybridized carbons (Fsp3) is 0.0556. The highest BCUT2D eigenvalue weighted by atomic mass is 16.2. The summed E-state index contributed by atoms with van der Waals surface area (Å²) in [4.78, 5) is 12.6. The van der Waals surface area contributed by atoms with E-state index in [9.17, 15) is 4.79 Å². The molecule has 4 nitrogen and oxygen atoms in total. The smallest absolute Gasteiger partial charge is 0.262 e. The number of hydrogen-bond acceptors (Lipinski definition) is 3. The third-order valence-electron chi connectivity index (χ3n) is 3.69. The van der Waals surface area contributed by atoms with Crippen LogP contribution in [0.1, 0.15) is 11.6 Å². The molecule has 3 aromatic carbocycles. The van der Waals surface area contributed by atoms with Gasteiger partial charge in [0.25, 0.3) is 5.91 Å². The first-order valence-electron chi connectivity index (χ1n) is 7.05. The second-order valence-electron chi connectivity index (χ2n) is 5.09. The molecule has 0 aromatic heterocycles. The van der Waals surface area contributed by atoms with E-state index in [-0.39, 0.29) is 5.91 Å². The van der Waals surface area contributed by atoms with Crippen LogP contribution in [-0.2, 0) is 4.79 Å². The molecule has 0 aliphatic carbocycles. The maximum atomic E-state index is 12.6. The lowest BCUT2D eigenvalue weighted by Crippen LogP contribution is -2.43. The molecule has 4 N–H and O–H groups in total. The topological polar surface area (TPSA) is 72.4 Å². The van der Waals surface area contributed by atoms with Crippen molar-refractivity contribution in [3.8, 4) is 0 Å². The zero-order chi connectivity index (χ0) is 15.5. The monoisotopic (exact) mass is 291 g/mol. The molecule has 110 valence electrons. The predicted molar refractivity (Wildman–Crippen MR) is 89.0 cm³/mol. The van der Waals surface area contributed by atoms with Crippen LogP contribution in [0.5, 0.6) is 0 Å². The van der Waals surface area contributed by atoms with Crippen molar-refractivity contribution in [2.24, 2.45) is 11.6 Å². The summed E-state index contributed by atoms with van der Waals surface area (Å²) in [6.07, 6.45) is 0. The van der Waals surface area contributed by atoms with Crippen LogP contribution in [0.15, 0.2) is 72.8 Å². The first kappa shape index (κ1) is 14.3. The van der Waals surface area contributed by atoms with Crippen LogP contribution in [0.3, 0.4) is 0 Å². The maximum absolute atomic E-state index is 12.6. The Morgan fingerprint density at radius 1 is 0.864 bits per heavy atom. The Balaban J connectivity index is 1.95. The van der Waals surface area contributed by atoms with Gasteiger partial charge >= 0.3 is 0 Å². The van der Waals surface area contributed by atoms with Crippen molar-refractivity contribution in [2.75, 3.05) is 5.01 Å². The Morgan fingerprint density at radius 2 is 1.50 bits per heavy atom. The molecule has 1 atom stereocenters. The predicted octanol–water partition coefficient (Wildman–Crippen LogP) is 2.75. The third kappa shape index (κ3) is 2.57. The minimum Gasteiger partial charge on any atom is -0.316 e. The van der Waals surface area contributed by atoms with E-state index >= 15 is 0 Å². The zero-order valence-electron chi connectivity index (χ0n) is 12.0. The summed E-state index contributed by atoms with van der Waals surface area (Å²) < 4.78 is 0. The Hall–Kier alpha value is -2.69. The van der Waals surface area contributed by atoms with Gasteiger partial charge in [0.05, 0.1) is 5.69 Å². The van der Waals surface area contributed by atoms with Crippen molar-refractivity contribution < 1.29 is 4.79 Å². The van der Waals surface area contributed by atoms with Gasteiger partial charge in [-0.15, -0.1) is 0 Å². The second kappa shape index (κ2) is 5.97. The fourth-order valence-electron chi connectivity index (χ4n) is 2.49. The lowest BCUT2D eigenvalue weighted by molar-refractivity contribution is -0.120. The Bertz CT molecular complexity index is 796. The maximum Gasteiger partial charge on any atom is 0.262 e. The number of carbonyl (C=O) groups is 1. The summed E-state index contributed by atoms with van der Waals surface area (Å²) in [5, 5.41) is 3.08. The van der Waals surface area contributed by atoms with Gasteiger partial charge in [0.2, 0.25) is 0 Å². The number of hydrazine groups is 1. The summed E-state index contributed by atoms with van der Waals surface area (Å²) in [6.45, 7) is 0. The molecule has 22 heavy (non-hydrogen) atoms. The molecule has 1 amide bonds. The third-order valence-corrected chi connectivity index (χ3v) is 3.69. The van der Waals surface area contributed by atoms with Gasteiger partial charge in [-0.3, -0.25) is 4.79 Å². The highest BCUT2D eigenvalue weighted by molar-refractivity contribution is 6.04.